The molecule has 0 spiro atoms. The molecule has 2 amide bonds. The van der Waals surface area contributed by atoms with E-state index in [1.165, 1.54) is 15.8 Å². The zero-order valence-corrected chi connectivity index (χ0v) is 11.1. The van der Waals surface area contributed by atoms with Crippen molar-refractivity contribution in [1.29, 1.82) is 5.26 Å². The van der Waals surface area contributed by atoms with E-state index in [-0.39, 0.29) is 18.1 Å². The molecule has 0 aliphatic carbocycles. The largest absolute Gasteiger partial charge is 0.476 e. The number of nitrogens with zero attached hydrogens (tertiary/aromatic N) is 5. The number of amides is 2. The Bertz CT molecular complexity index is 507. The van der Waals surface area contributed by atoms with E-state index in [1.807, 2.05) is 13.0 Å². The van der Waals surface area contributed by atoms with Crippen LogP contribution in [0.2, 0.25) is 0 Å². The van der Waals surface area contributed by atoms with Crippen molar-refractivity contribution in [2.24, 2.45) is 0 Å². The molecule has 0 atom stereocenters. The molecule has 9 heteroatoms. The van der Waals surface area contributed by atoms with Crippen molar-refractivity contribution in [2.75, 3.05) is 19.6 Å². The minimum absolute atomic E-state index is 0.138. The van der Waals surface area contributed by atoms with Gasteiger partial charge in [0, 0.05) is 19.6 Å². The lowest BCUT2D eigenvalue weighted by molar-refractivity contribution is 0.0690. The van der Waals surface area contributed by atoms with Crippen molar-refractivity contribution in [2.45, 2.75) is 19.9 Å². The Hall–Kier alpha value is -2.63. The predicted octanol–water partition coefficient (Wildman–Crippen LogP) is -0.0785. The summed E-state index contributed by atoms with van der Waals surface area (Å²) in [5, 5.41) is 26.9. The highest BCUT2D eigenvalue weighted by molar-refractivity contribution is 5.84. The van der Waals surface area contributed by atoms with Gasteiger partial charge in [0.1, 0.15) is 0 Å². The van der Waals surface area contributed by atoms with Gasteiger partial charge in [-0.15, -0.1) is 5.10 Å². The Kier molecular flexibility index (Phi) is 5.96. The van der Waals surface area contributed by atoms with Crippen LogP contribution in [0.3, 0.4) is 0 Å². The number of aromatic nitrogens is 3. The number of rotatable bonds is 7. The minimum atomic E-state index is -1.14. The standard InChI is InChI=1S/C11H16N6O3/c1-2-16(6-3-4-12)11(20)13-5-7-17-8-9(10(18)19)14-15-17/h8H,2-3,5-7H2,1H3,(H,13,20)(H,18,19). The molecular weight excluding hydrogens is 264 g/mol. The summed E-state index contributed by atoms with van der Waals surface area (Å²) in [6, 6.07) is 1.72. The van der Waals surface area contributed by atoms with Crippen LogP contribution in [0.15, 0.2) is 6.20 Å². The summed E-state index contributed by atoms with van der Waals surface area (Å²) in [5.41, 5.74) is -0.138. The van der Waals surface area contributed by atoms with Gasteiger partial charge in [-0.25, -0.2) is 14.3 Å². The highest BCUT2D eigenvalue weighted by Gasteiger charge is 2.11. The van der Waals surface area contributed by atoms with E-state index in [1.54, 1.807) is 0 Å². The van der Waals surface area contributed by atoms with Gasteiger partial charge in [-0.3, -0.25) is 0 Å². The molecule has 2 N–H and O–H groups in total. The first-order valence-corrected chi connectivity index (χ1v) is 6.11. The fourth-order valence-electron chi connectivity index (χ4n) is 1.48. The average Bonchev–Trinajstić information content (AvgIpc) is 2.88. The van der Waals surface area contributed by atoms with Gasteiger partial charge in [-0.05, 0) is 6.92 Å². The molecule has 0 aliphatic rings. The number of carboxylic acids is 1. The number of hydrogen-bond acceptors (Lipinski definition) is 5. The third-order valence-corrected chi connectivity index (χ3v) is 2.54. The van der Waals surface area contributed by atoms with Crippen molar-refractivity contribution in [3.63, 3.8) is 0 Å². The fourth-order valence-corrected chi connectivity index (χ4v) is 1.48. The van der Waals surface area contributed by atoms with Gasteiger partial charge in [-0.2, -0.15) is 5.26 Å². The summed E-state index contributed by atoms with van der Waals surface area (Å²) in [4.78, 5) is 23.9. The molecule has 9 nitrogen and oxygen atoms in total. The van der Waals surface area contributed by atoms with E-state index in [2.05, 4.69) is 15.6 Å². The van der Waals surface area contributed by atoms with Crippen LogP contribution in [0.25, 0.3) is 0 Å². The number of nitriles is 1. The fraction of sp³-hybridized carbons (Fsp3) is 0.545. The van der Waals surface area contributed by atoms with Gasteiger partial charge in [0.15, 0.2) is 5.69 Å². The summed E-state index contributed by atoms with van der Waals surface area (Å²) < 4.78 is 1.34. The molecule has 1 aromatic rings. The lowest BCUT2D eigenvalue weighted by Crippen LogP contribution is -2.41. The van der Waals surface area contributed by atoms with Gasteiger partial charge >= 0.3 is 12.0 Å². The maximum absolute atomic E-state index is 11.7. The van der Waals surface area contributed by atoms with Gasteiger partial charge < -0.3 is 15.3 Å². The number of aromatic carboxylic acids is 1. The molecule has 20 heavy (non-hydrogen) atoms. The molecule has 0 radical (unpaired) electrons. The summed E-state index contributed by atoms with van der Waals surface area (Å²) in [6.07, 6.45) is 1.58. The number of carbonyl (C=O) groups excluding carboxylic acids is 1. The van der Waals surface area contributed by atoms with Gasteiger partial charge in [0.05, 0.1) is 25.2 Å². The molecule has 0 unspecified atom stereocenters. The highest BCUT2D eigenvalue weighted by atomic mass is 16.4. The molecule has 0 saturated heterocycles. The number of carbonyl (C=O) groups is 2. The minimum Gasteiger partial charge on any atom is -0.476 e. The van der Waals surface area contributed by atoms with Gasteiger partial charge in [0.25, 0.3) is 0 Å². The normalized spacial score (nSPS) is 9.80. The van der Waals surface area contributed by atoms with E-state index in [0.29, 0.717) is 26.2 Å². The first-order valence-electron chi connectivity index (χ1n) is 6.11. The van der Waals surface area contributed by atoms with Crippen molar-refractivity contribution in [3.05, 3.63) is 11.9 Å². The van der Waals surface area contributed by atoms with Crippen LogP contribution in [-0.4, -0.2) is 56.6 Å². The first-order chi connectivity index (χ1) is 9.58. The summed E-state index contributed by atoms with van der Waals surface area (Å²) in [6.45, 7) is 3.34. The van der Waals surface area contributed by atoms with Crippen LogP contribution in [-0.2, 0) is 6.54 Å². The lowest BCUT2D eigenvalue weighted by atomic mass is 10.4. The van der Waals surface area contributed by atoms with Gasteiger partial charge in [-0.1, -0.05) is 5.21 Å². The van der Waals surface area contributed by atoms with Crippen LogP contribution in [0.5, 0.6) is 0 Å². The monoisotopic (exact) mass is 280 g/mol. The van der Waals surface area contributed by atoms with E-state index in [0.717, 1.165) is 0 Å². The van der Waals surface area contributed by atoms with E-state index >= 15 is 0 Å². The van der Waals surface area contributed by atoms with Crippen molar-refractivity contribution in [1.82, 2.24) is 25.2 Å². The number of hydrogen-bond donors (Lipinski definition) is 2. The molecule has 0 aromatic carbocycles. The van der Waals surface area contributed by atoms with Crippen LogP contribution >= 0.6 is 0 Å². The molecule has 1 rings (SSSR count). The maximum Gasteiger partial charge on any atom is 0.358 e. The van der Waals surface area contributed by atoms with Crippen LogP contribution in [0.4, 0.5) is 4.79 Å². The molecular formula is C11H16N6O3. The SMILES string of the molecule is CCN(CCC#N)C(=O)NCCn1cc(C(=O)O)nn1. The second-order valence-corrected chi connectivity index (χ2v) is 3.89. The zero-order valence-electron chi connectivity index (χ0n) is 11.1. The summed E-state index contributed by atoms with van der Waals surface area (Å²) >= 11 is 0. The topological polar surface area (TPSA) is 124 Å². The third kappa shape index (κ3) is 4.56. The van der Waals surface area contributed by atoms with E-state index < -0.39 is 5.97 Å². The van der Waals surface area contributed by atoms with Gasteiger partial charge in [0.2, 0.25) is 0 Å². The second-order valence-electron chi connectivity index (χ2n) is 3.89. The number of urea groups is 1. The molecule has 0 bridgehead atoms. The quantitative estimate of drug-likeness (QED) is 0.720. The predicted molar refractivity (Wildman–Crippen MR) is 67.9 cm³/mol. The molecule has 0 saturated carbocycles. The Morgan fingerprint density at radius 1 is 1.60 bits per heavy atom. The molecule has 0 aliphatic heterocycles. The summed E-state index contributed by atoms with van der Waals surface area (Å²) in [7, 11) is 0. The third-order valence-electron chi connectivity index (χ3n) is 2.54. The summed E-state index contributed by atoms with van der Waals surface area (Å²) in [5.74, 6) is -1.14. The highest BCUT2D eigenvalue weighted by Crippen LogP contribution is 1.94. The molecule has 0 fully saturated rings. The van der Waals surface area contributed by atoms with Crippen molar-refractivity contribution >= 4 is 12.0 Å². The molecule has 1 heterocycles. The zero-order chi connectivity index (χ0) is 15.0. The van der Waals surface area contributed by atoms with Crippen LogP contribution < -0.4 is 5.32 Å². The Balaban J connectivity index is 2.37. The average molecular weight is 280 g/mol. The number of nitrogens with one attached hydrogen (secondary N) is 1. The molecule has 1 aromatic heterocycles. The van der Waals surface area contributed by atoms with Crippen molar-refractivity contribution in [3.8, 4) is 6.07 Å². The lowest BCUT2D eigenvalue weighted by Gasteiger charge is -2.19. The maximum atomic E-state index is 11.7. The Morgan fingerprint density at radius 3 is 2.90 bits per heavy atom. The number of carboxylic acid groups (broad SMARTS) is 1. The van der Waals surface area contributed by atoms with Crippen molar-refractivity contribution < 1.29 is 14.7 Å². The van der Waals surface area contributed by atoms with E-state index in [4.69, 9.17) is 10.4 Å². The van der Waals surface area contributed by atoms with Crippen LogP contribution in [0, 0.1) is 11.3 Å². The van der Waals surface area contributed by atoms with Crippen LogP contribution in [0.1, 0.15) is 23.8 Å². The Morgan fingerprint density at radius 2 is 2.35 bits per heavy atom. The smallest absolute Gasteiger partial charge is 0.358 e. The second kappa shape index (κ2) is 7.73. The first kappa shape index (κ1) is 15.4. The molecule has 108 valence electrons. The Labute approximate surface area is 115 Å². The van der Waals surface area contributed by atoms with E-state index in [9.17, 15) is 9.59 Å².